The number of carbonyl (C=O) groups excluding carboxylic acids is 1. The predicted molar refractivity (Wildman–Crippen MR) is 78.0 cm³/mol. The number of carbonyl (C=O) groups is 2. The molecule has 0 unspecified atom stereocenters. The average molecular weight is 320 g/mol. The number of nitrogens with one attached hydrogen (secondary N) is 1. The monoisotopic (exact) mass is 319 g/mol. The van der Waals surface area contributed by atoms with Gasteiger partial charge in [0.05, 0.1) is 5.02 Å². The predicted octanol–water partition coefficient (Wildman–Crippen LogP) is 2.88. The SMILES string of the molecule is C[C@@H](NC(=O)/C=C/c1cc(Cl)c(S)cc1Cl)C(=O)O. The van der Waals surface area contributed by atoms with Crippen molar-refractivity contribution in [1.82, 2.24) is 5.32 Å². The maximum atomic E-state index is 11.4. The number of hydrogen-bond acceptors (Lipinski definition) is 3. The molecule has 0 heterocycles. The molecule has 0 radical (unpaired) electrons. The Bertz CT molecular complexity index is 546. The summed E-state index contributed by atoms with van der Waals surface area (Å²) in [6, 6.07) is 2.16. The smallest absolute Gasteiger partial charge is 0.325 e. The van der Waals surface area contributed by atoms with Crippen LogP contribution in [0.15, 0.2) is 23.1 Å². The number of carboxylic acids is 1. The van der Waals surface area contributed by atoms with E-state index in [9.17, 15) is 9.59 Å². The van der Waals surface area contributed by atoms with E-state index < -0.39 is 17.9 Å². The zero-order valence-electron chi connectivity index (χ0n) is 9.85. The van der Waals surface area contributed by atoms with Crippen molar-refractivity contribution in [2.45, 2.75) is 17.9 Å². The molecule has 19 heavy (non-hydrogen) atoms. The summed E-state index contributed by atoms with van der Waals surface area (Å²) in [6.45, 7) is 1.37. The highest BCUT2D eigenvalue weighted by molar-refractivity contribution is 7.80. The zero-order chi connectivity index (χ0) is 14.6. The topological polar surface area (TPSA) is 66.4 Å². The van der Waals surface area contributed by atoms with E-state index in [0.717, 1.165) is 0 Å². The van der Waals surface area contributed by atoms with Gasteiger partial charge in [-0.1, -0.05) is 23.2 Å². The van der Waals surface area contributed by atoms with Gasteiger partial charge in [-0.05, 0) is 30.7 Å². The Balaban J connectivity index is 2.79. The number of thiol groups is 1. The van der Waals surface area contributed by atoms with Crippen molar-refractivity contribution in [3.63, 3.8) is 0 Å². The fourth-order valence-electron chi connectivity index (χ4n) is 1.17. The van der Waals surface area contributed by atoms with Crippen molar-refractivity contribution < 1.29 is 14.7 Å². The number of hydrogen-bond donors (Lipinski definition) is 3. The summed E-state index contributed by atoms with van der Waals surface area (Å²) in [6.07, 6.45) is 2.64. The molecule has 1 amide bonds. The number of rotatable bonds is 4. The molecule has 102 valence electrons. The third-order valence-electron chi connectivity index (χ3n) is 2.21. The molecular weight excluding hydrogens is 309 g/mol. The van der Waals surface area contributed by atoms with E-state index in [1.807, 2.05) is 0 Å². The minimum atomic E-state index is -1.11. The van der Waals surface area contributed by atoms with Crippen molar-refractivity contribution in [3.8, 4) is 0 Å². The van der Waals surface area contributed by atoms with Crippen molar-refractivity contribution in [2.75, 3.05) is 0 Å². The largest absolute Gasteiger partial charge is 0.480 e. The first-order valence-corrected chi connectivity index (χ1v) is 6.41. The lowest BCUT2D eigenvalue weighted by Crippen LogP contribution is -2.37. The fraction of sp³-hybridized carbons (Fsp3) is 0.167. The minimum Gasteiger partial charge on any atom is -0.480 e. The highest BCUT2D eigenvalue weighted by Crippen LogP contribution is 2.28. The molecule has 0 aliphatic carbocycles. The zero-order valence-corrected chi connectivity index (χ0v) is 12.3. The molecule has 0 bridgehead atoms. The lowest BCUT2D eigenvalue weighted by atomic mass is 10.2. The van der Waals surface area contributed by atoms with E-state index in [1.54, 1.807) is 12.1 Å². The van der Waals surface area contributed by atoms with Gasteiger partial charge in [0.1, 0.15) is 6.04 Å². The van der Waals surface area contributed by atoms with Gasteiger partial charge in [0, 0.05) is 16.0 Å². The van der Waals surface area contributed by atoms with Gasteiger partial charge in [-0.2, -0.15) is 0 Å². The molecule has 0 saturated heterocycles. The Morgan fingerprint density at radius 1 is 1.37 bits per heavy atom. The van der Waals surface area contributed by atoms with Gasteiger partial charge in [-0.3, -0.25) is 9.59 Å². The fourth-order valence-corrected chi connectivity index (χ4v) is 1.84. The molecule has 2 N–H and O–H groups in total. The molecular formula is C12H11Cl2NO3S. The summed E-state index contributed by atoms with van der Waals surface area (Å²) in [7, 11) is 0. The van der Waals surface area contributed by atoms with Gasteiger partial charge in [-0.15, -0.1) is 12.6 Å². The first-order chi connectivity index (χ1) is 8.81. The van der Waals surface area contributed by atoms with E-state index in [0.29, 0.717) is 20.5 Å². The molecule has 4 nitrogen and oxygen atoms in total. The number of amides is 1. The third-order valence-corrected chi connectivity index (χ3v) is 3.35. The summed E-state index contributed by atoms with van der Waals surface area (Å²) in [5, 5.41) is 11.7. The molecule has 1 aromatic rings. The quantitative estimate of drug-likeness (QED) is 0.590. The highest BCUT2D eigenvalue weighted by atomic mass is 35.5. The lowest BCUT2D eigenvalue weighted by molar-refractivity contribution is -0.140. The van der Waals surface area contributed by atoms with Gasteiger partial charge >= 0.3 is 5.97 Å². The summed E-state index contributed by atoms with van der Waals surface area (Å²) < 4.78 is 0. The second-order valence-corrected chi connectivity index (χ2v) is 5.02. The van der Waals surface area contributed by atoms with Crippen LogP contribution in [-0.2, 0) is 9.59 Å². The van der Waals surface area contributed by atoms with Crippen LogP contribution in [0.2, 0.25) is 10.0 Å². The third kappa shape index (κ3) is 4.78. The molecule has 7 heteroatoms. The van der Waals surface area contributed by atoms with Gasteiger partial charge in [0.25, 0.3) is 0 Å². The Morgan fingerprint density at radius 2 is 2.00 bits per heavy atom. The van der Waals surface area contributed by atoms with Crippen LogP contribution in [0.25, 0.3) is 6.08 Å². The van der Waals surface area contributed by atoms with E-state index in [4.69, 9.17) is 28.3 Å². The molecule has 0 fully saturated rings. The molecule has 1 rings (SSSR count). The number of aliphatic carboxylic acids is 1. The Labute approximate surface area is 125 Å². The van der Waals surface area contributed by atoms with Crippen LogP contribution in [0.3, 0.4) is 0 Å². The van der Waals surface area contributed by atoms with E-state index >= 15 is 0 Å². The van der Waals surface area contributed by atoms with Crippen molar-refractivity contribution in [1.29, 1.82) is 0 Å². The van der Waals surface area contributed by atoms with Crippen molar-refractivity contribution in [2.24, 2.45) is 0 Å². The van der Waals surface area contributed by atoms with Gasteiger partial charge in [0.2, 0.25) is 5.91 Å². The van der Waals surface area contributed by atoms with Crippen LogP contribution in [-0.4, -0.2) is 23.0 Å². The van der Waals surface area contributed by atoms with Crippen LogP contribution < -0.4 is 5.32 Å². The van der Waals surface area contributed by atoms with Crippen LogP contribution in [0.1, 0.15) is 12.5 Å². The first-order valence-electron chi connectivity index (χ1n) is 5.20. The summed E-state index contributed by atoms with van der Waals surface area (Å²) in [5.74, 6) is -1.64. The van der Waals surface area contributed by atoms with E-state index in [2.05, 4.69) is 17.9 Å². The second-order valence-electron chi connectivity index (χ2n) is 3.73. The maximum absolute atomic E-state index is 11.4. The van der Waals surface area contributed by atoms with Crippen LogP contribution in [0, 0.1) is 0 Å². The Morgan fingerprint density at radius 3 is 2.58 bits per heavy atom. The minimum absolute atomic E-state index is 0.393. The van der Waals surface area contributed by atoms with Gasteiger partial charge < -0.3 is 10.4 Å². The maximum Gasteiger partial charge on any atom is 0.325 e. The first kappa shape index (κ1) is 15.9. The van der Waals surface area contributed by atoms with E-state index in [1.165, 1.54) is 19.1 Å². The summed E-state index contributed by atoms with van der Waals surface area (Å²) in [5.41, 5.74) is 0.544. The number of halogens is 2. The molecule has 1 atom stereocenters. The van der Waals surface area contributed by atoms with Crippen LogP contribution >= 0.6 is 35.8 Å². The summed E-state index contributed by atoms with van der Waals surface area (Å²) >= 11 is 15.9. The molecule has 0 aromatic heterocycles. The van der Waals surface area contributed by atoms with Gasteiger partial charge in [-0.25, -0.2) is 0 Å². The standard InChI is InChI=1S/C12H11Cl2NO3S/c1-6(12(17)18)15-11(16)3-2-7-4-9(14)10(19)5-8(7)13/h2-6,19H,1H3,(H,15,16)(H,17,18)/b3-2+/t6-/m1/s1. The Kier molecular flexibility index (Phi) is 5.72. The molecule has 0 aliphatic heterocycles. The molecule has 1 aromatic carbocycles. The highest BCUT2D eigenvalue weighted by Gasteiger charge is 2.11. The molecule has 0 saturated carbocycles. The van der Waals surface area contributed by atoms with Gasteiger partial charge in [0.15, 0.2) is 0 Å². The Hall–Kier alpha value is -1.17. The van der Waals surface area contributed by atoms with E-state index in [-0.39, 0.29) is 0 Å². The van der Waals surface area contributed by atoms with Crippen molar-refractivity contribution >= 4 is 53.8 Å². The van der Waals surface area contributed by atoms with Crippen LogP contribution in [0.5, 0.6) is 0 Å². The average Bonchev–Trinajstić information content (AvgIpc) is 2.32. The second kappa shape index (κ2) is 6.84. The summed E-state index contributed by atoms with van der Waals surface area (Å²) in [4.78, 5) is 22.5. The van der Waals surface area contributed by atoms with Crippen LogP contribution in [0.4, 0.5) is 0 Å². The molecule has 0 spiro atoms. The number of carboxylic acid groups (broad SMARTS) is 1. The normalized spacial score (nSPS) is 12.4. The van der Waals surface area contributed by atoms with Crippen molar-refractivity contribution in [3.05, 3.63) is 33.8 Å². The molecule has 0 aliphatic rings. The lowest BCUT2D eigenvalue weighted by Gasteiger charge is -2.06. The number of benzene rings is 1.